The van der Waals surface area contributed by atoms with E-state index in [4.69, 9.17) is 0 Å². The number of rotatable bonds is 10. The summed E-state index contributed by atoms with van der Waals surface area (Å²) in [7, 11) is 0. The molecular weight excluding hydrogens is 777 g/mol. The zero-order valence-electron chi connectivity index (χ0n) is 41.5. The van der Waals surface area contributed by atoms with Crippen LogP contribution in [0.2, 0.25) is 0 Å². The maximum atomic E-state index is 13.6. The van der Waals surface area contributed by atoms with Crippen LogP contribution in [-0.4, -0.2) is 48.6 Å². The van der Waals surface area contributed by atoms with Gasteiger partial charge in [-0.15, -0.1) is 0 Å². The third kappa shape index (κ3) is 9.69. The standard InChI is InChI=1S/C28H46O3.C28H48O2.2CH4/c1-7-28(31)15-14-26(5)19(17-28)16-23(29)24-21-9-8-20(18(2)10-12-25(3,4)30)27(21,6)13-11-22(24)26;1-7-28(30)17-16-26(5)20(18-28)8-9-21-23-11-10-22(19(2)12-14-25(3,4)29)27(23,6)15-13-24(21)26;;/h16,18,20-22,24,30-31H,7-15,17H2,1-6H3;8,19,21-24,29-30H,7,9-18H2,1-6H3;2*1H4/t18-,20-,21+,22+,24+,26+,27-,28+;19-,21+,22-,23+,24+,26+,27-,28+;;/m11../s1. The fourth-order valence-electron chi connectivity index (χ4n) is 17.3. The molecule has 16 atom stereocenters. The van der Waals surface area contributed by atoms with Gasteiger partial charge in [0.25, 0.3) is 0 Å². The monoisotopic (exact) mass is 879 g/mol. The zero-order valence-corrected chi connectivity index (χ0v) is 41.5. The molecule has 0 unspecified atom stereocenters. The summed E-state index contributed by atoms with van der Waals surface area (Å²) in [6.07, 6.45) is 27.5. The van der Waals surface area contributed by atoms with E-state index in [2.05, 4.69) is 61.5 Å². The summed E-state index contributed by atoms with van der Waals surface area (Å²) in [6.45, 7) is 26.9. The molecule has 0 spiro atoms. The molecule has 6 fully saturated rings. The minimum Gasteiger partial charge on any atom is -0.390 e. The zero-order chi connectivity index (χ0) is 44.8. The molecule has 0 bridgehead atoms. The highest BCUT2D eigenvalue weighted by molar-refractivity contribution is 5.94. The van der Waals surface area contributed by atoms with E-state index in [-0.39, 0.29) is 31.6 Å². The van der Waals surface area contributed by atoms with Gasteiger partial charge in [0.1, 0.15) is 0 Å². The van der Waals surface area contributed by atoms with Gasteiger partial charge in [0.15, 0.2) is 5.78 Å². The first kappa shape index (κ1) is 53.0. The molecule has 5 heteroatoms. The van der Waals surface area contributed by atoms with Crippen LogP contribution in [0.5, 0.6) is 0 Å². The summed E-state index contributed by atoms with van der Waals surface area (Å²) in [5.41, 5.74) is 1.79. The Bertz CT molecular complexity index is 1660. The molecule has 5 nitrogen and oxygen atoms in total. The van der Waals surface area contributed by atoms with Gasteiger partial charge in [-0.1, -0.05) is 87.5 Å². The van der Waals surface area contributed by atoms with Crippen LogP contribution in [0, 0.1) is 80.8 Å². The van der Waals surface area contributed by atoms with Crippen molar-refractivity contribution in [3.05, 3.63) is 23.3 Å². The van der Waals surface area contributed by atoms with Gasteiger partial charge < -0.3 is 20.4 Å². The van der Waals surface area contributed by atoms with Crippen molar-refractivity contribution < 1.29 is 25.2 Å². The number of carbonyl (C=O) groups is 1. The van der Waals surface area contributed by atoms with E-state index in [1.165, 1.54) is 63.4 Å². The second-order valence-electron chi connectivity index (χ2n) is 26.1. The summed E-state index contributed by atoms with van der Waals surface area (Å²) in [5.74, 6) is 6.79. The Kier molecular flexibility index (Phi) is 15.5. The normalized spacial score (nSPS) is 45.1. The van der Waals surface area contributed by atoms with E-state index in [1.54, 1.807) is 5.57 Å². The van der Waals surface area contributed by atoms with Crippen molar-refractivity contribution in [2.24, 2.45) is 80.8 Å². The van der Waals surface area contributed by atoms with E-state index in [0.29, 0.717) is 52.6 Å². The van der Waals surface area contributed by atoms with Gasteiger partial charge in [-0.05, 0) is 244 Å². The number of allylic oxidation sites excluding steroid dienone is 2. The smallest absolute Gasteiger partial charge is 0.159 e. The number of aliphatic hydroxyl groups is 4. The van der Waals surface area contributed by atoms with Crippen LogP contribution in [0.25, 0.3) is 0 Å². The molecule has 8 aliphatic carbocycles. The first-order valence-electron chi connectivity index (χ1n) is 26.1. The molecule has 0 aromatic heterocycles. The van der Waals surface area contributed by atoms with Gasteiger partial charge in [-0.3, -0.25) is 4.79 Å². The predicted molar refractivity (Wildman–Crippen MR) is 264 cm³/mol. The fraction of sp³-hybridized carbons (Fsp3) is 0.914. The lowest BCUT2D eigenvalue weighted by atomic mass is 9.46. The Labute approximate surface area is 388 Å². The lowest BCUT2D eigenvalue weighted by Gasteiger charge is -2.59. The van der Waals surface area contributed by atoms with Crippen molar-refractivity contribution >= 4 is 5.78 Å². The molecule has 6 saturated carbocycles. The Morgan fingerprint density at radius 2 is 1.06 bits per heavy atom. The maximum absolute atomic E-state index is 13.6. The lowest BCUT2D eigenvalue weighted by Crippen LogP contribution is -2.55. The first-order chi connectivity index (χ1) is 28.2. The van der Waals surface area contributed by atoms with Crippen molar-refractivity contribution in [1.29, 1.82) is 0 Å². The van der Waals surface area contributed by atoms with Gasteiger partial charge >= 0.3 is 0 Å². The van der Waals surface area contributed by atoms with Crippen molar-refractivity contribution in [2.75, 3.05) is 0 Å². The third-order valence-corrected chi connectivity index (χ3v) is 21.6. The molecular formula is C58H102O5. The highest BCUT2D eigenvalue weighted by Crippen LogP contribution is 2.69. The van der Waals surface area contributed by atoms with E-state index in [1.807, 2.05) is 33.8 Å². The average Bonchev–Trinajstić information content (AvgIpc) is 3.73. The predicted octanol–water partition coefficient (Wildman–Crippen LogP) is 14.2. The Morgan fingerprint density at radius 3 is 1.56 bits per heavy atom. The number of carbonyl (C=O) groups excluding carboxylic acids is 1. The largest absolute Gasteiger partial charge is 0.390 e. The summed E-state index contributed by atoms with van der Waals surface area (Å²) >= 11 is 0. The van der Waals surface area contributed by atoms with Crippen LogP contribution in [0.1, 0.15) is 233 Å². The molecule has 0 radical (unpaired) electrons. The van der Waals surface area contributed by atoms with Crippen LogP contribution < -0.4 is 0 Å². The molecule has 0 heterocycles. The number of hydrogen-bond donors (Lipinski definition) is 4. The van der Waals surface area contributed by atoms with Crippen molar-refractivity contribution in [3.8, 4) is 0 Å². The second kappa shape index (κ2) is 18.5. The Morgan fingerprint density at radius 1 is 0.619 bits per heavy atom. The Hall–Kier alpha value is -1.01. The van der Waals surface area contributed by atoms with Crippen molar-refractivity contribution in [2.45, 2.75) is 255 Å². The highest BCUT2D eigenvalue weighted by atomic mass is 16.3. The van der Waals surface area contributed by atoms with E-state index in [9.17, 15) is 25.2 Å². The molecule has 8 aliphatic rings. The quantitative estimate of drug-likeness (QED) is 0.164. The molecule has 8 rings (SSSR count). The summed E-state index contributed by atoms with van der Waals surface area (Å²) in [4.78, 5) is 13.6. The lowest BCUT2D eigenvalue weighted by molar-refractivity contribution is -0.136. The van der Waals surface area contributed by atoms with Gasteiger partial charge in [-0.2, -0.15) is 0 Å². The molecule has 0 aromatic carbocycles. The van der Waals surface area contributed by atoms with Gasteiger partial charge in [0.05, 0.1) is 22.4 Å². The molecule has 63 heavy (non-hydrogen) atoms. The van der Waals surface area contributed by atoms with Crippen LogP contribution in [0.4, 0.5) is 0 Å². The van der Waals surface area contributed by atoms with Crippen molar-refractivity contribution in [1.82, 2.24) is 0 Å². The summed E-state index contributed by atoms with van der Waals surface area (Å²) in [6, 6.07) is 0. The third-order valence-electron chi connectivity index (χ3n) is 21.6. The topological polar surface area (TPSA) is 98.0 Å². The molecule has 0 aromatic rings. The van der Waals surface area contributed by atoms with Gasteiger partial charge in [0, 0.05) is 5.92 Å². The molecule has 0 aliphatic heterocycles. The van der Waals surface area contributed by atoms with Gasteiger partial charge in [-0.25, -0.2) is 0 Å². The molecule has 0 amide bonds. The SMILES string of the molecule is C.C.CC[C@]1(O)CC[C@@]2(C)C(=CC(=O)[C@H]3[C@@H]4CC[C@H]([C@H](C)CCC(C)(C)O)[C@@]4(C)CC[C@@H]32)C1.CC[C@]1(O)CC[C@@]2(C)C(=CC[C@H]3[C@@H]4CC[C@H]([C@H](C)CCC(C)(C)O)[C@@]4(C)CC[C@@H]32)C1. The molecule has 364 valence electrons. The summed E-state index contributed by atoms with van der Waals surface area (Å²) in [5, 5.41) is 42.4. The highest BCUT2D eigenvalue weighted by Gasteiger charge is 2.63. The molecule has 0 saturated heterocycles. The minimum atomic E-state index is -0.615. The maximum Gasteiger partial charge on any atom is 0.159 e. The average molecular weight is 879 g/mol. The van der Waals surface area contributed by atoms with E-state index < -0.39 is 22.4 Å². The van der Waals surface area contributed by atoms with Crippen LogP contribution >= 0.6 is 0 Å². The van der Waals surface area contributed by atoms with Crippen LogP contribution in [-0.2, 0) is 4.79 Å². The number of ketones is 1. The van der Waals surface area contributed by atoms with E-state index in [0.717, 1.165) is 94.3 Å². The van der Waals surface area contributed by atoms with Crippen LogP contribution in [0.15, 0.2) is 23.3 Å². The molecule has 4 N–H and O–H groups in total. The summed E-state index contributed by atoms with van der Waals surface area (Å²) < 4.78 is 0. The minimum absolute atomic E-state index is 0. The first-order valence-corrected chi connectivity index (χ1v) is 26.1. The van der Waals surface area contributed by atoms with Crippen LogP contribution in [0.3, 0.4) is 0 Å². The number of fused-ring (bicyclic) bond motifs is 10. The Balaban J connectivity index is 0.000000230. The van der Waals surface area contributed by atoms with Gasteiger partial charge in [0.2, 0.25) is 0 Å². The fourth-order valence-corrected chi connectivity index (χ4v) is 17.3. The number of hydrogen-bond acceptors (Lipinski definition) is 5. The second-order valence-corrected chi connectivity index (χ2v) is 26.1. The van der Waals surface area contributed by atoms with Crippen molar-refractivity contribution in [3.63, 3.8) is 0 Å². The van der Waals surface area contributed by atoms with E-state index >= 15 is 0 Å².